The maximum absolute atomic E-state index is 11.0. The lowest BCUT2D eigenvalue weighted by Gasteiger charge is -2.09. The van der Waals surface area contributed by atoms with E-state index in [1.807, 2.05) is 0 Å². The van der Waals surface area contributed by atoms with Crippen molar-refractivity contribution in [2.45, 2.75) is 6.10 Å². The first-order chi connectivity index (χ1) is 7.20. The lowest BCUT2D eigenvalue weighted by Crippen LogP contribution is -2.16. The van der Waals surface area contributed by atoms with Crippen molar-refractivity contribution in [2.75, 3.05) is 13.6 Å². The van der Waals surface area contributed by atoms with E-state index in [2.05, 4.69) is 5.32 Å². The summed E-state index contributed by atoms with van der Waals surface area (Å²) < 4.78 is 5.77. The zero-order valence-electron chi connectivity index (χ0n) is 8.19. The van der Waals surface area contributed by atoms with Gasteiger partial charge >= 0.3 is 4.94 Å². The van der Waals surface area contributed by atoms with Gasteiger partial charge in [0.1, 0.15) is 5.58 Å². The van der Waals surface area contributed by atoms with Crippen LogP contribution in [0.3, 0.4) is 0 Å². The number of likely N-dealkylation sites (N-methyl/N-ethyl adjacent to an activating group) is 1. The summed E-state index contributed by atoms with van der Waals surface area (Å²) in [6, 6.07) is 5.30. The maximum Gasteiger partial charge on any atom is 0.396 e. The smallest absolute Gasteiger partial charge is 0.396 e. The molecule has 0 amide bonds. The SMILES string of the molecule is CNCC(O)c1ccc2sc(=O)oc2c1. The standard InChI is InChI=1S/C10H11NO3S/c1-11-5-7(12)6-2-3-9-8(4-6)14-10(13)15-9/h2-4,7,11-12H,5H2,1H3. The first-order valence-corrected chi connectivity index (χ1v) is 5.38. The van der Waals surface area contributed by atoms with E-state index in [9.17, 15) is 9.90 Å². The molecule has 0 saturated heterocycles. The zero-order valence-corrected chi connectivity index (χ0v) is 9.00. The number of fused-ring (bicyclic) bond motifs is 1. The molecule has 0 fully saturated rings. The fourth-order valence-corrected chi connectivity index (χ4v) is 2.06. The lowest BCUT2D eigenvalue weighted by atomic mass is 10.1. The molecule has 5 heteroatoms. The van der Waals surface area contributed by atoms with Crippen LogP contribution in [0, 0.1) is 0 Å². The van der Waals surface area contributed by atoms with Gasteiger partial charge in [-0.15, -0.1) is 0 Å². The molecule has 0 bridgehead atoms. The van der Waals surface area contributed by atoms with E-state index < -0.39 is 6.10 Å². The van der Waals surface area contributed by atoms with Crippen molar-refractivity contribution in [3.63, 3.8) is 0 Å². The fraction of sp³-hybridized carbons (Fsp3) is 0.300. The van der Waals surface area contributed by atoms with Crippen LogP contribution in [-0.2, 0) is 0 Å². The minimum atomic E-state index is -0.579. The molecule has 15 heavy (non-hydrogen) atoms. The Morgan fingerprint density at radius 2 is 2.40 bits per heavy atom. The van der Waals surface area contributed by atoms with Crippen molar-refractivity contribution in [3.05, 3.63) is 33.5 Å². The van der Waals surface area contributed by atoms with E-state index in [0.29, 0.717) is 12.1 Å². The number of benzene rings is 1. The summed E-state index contributed by atoms with van der Waals surface area (Å²) in [7, 11) is 1.77. The van der Waals surface area contributed by atoms with E-state index in [-0.39, 0.29) is 4.94 Å². The topological polar surface area (TPSA) is 62.5 Å². The predicted molar refractivity (Wildman–Crippen MR) is 59.2 cm³/mol. The van der Waals surface area contributed by atoms with Crippen molar-refractivity contribution in [2.24, 2.45) is 0 Å². The van der Waals surface area contributed by atoms with Gasteiger partial charge in [0.05, 0.1) is 10.8 Å². The molecule has 0 saturated carbocycles. The molecule has 1 atom stereocenters. The van der Waals surface area contributed by atoms with Gasteiger partial charge in [-0.3, -0.25) is 0 Å². The highest BCUT2D eigenvalue weighted by molar-refractivity contribution is 7.16. The van der Waals surface area contributed by atoms with E-state index >= 15 is 0 Å². The molecule has 1 aromatic carbocycles. The molecular weight excluding hydrogens is 214 g/mol. The average molecular weight is 225 g/mol. The second-order valence-electron chi connectivity index (χ2n) is 3.23. The molecule has 1 unspecified atom stereocenters. The van der Waals surface area contributed by atoms with E-state index in [1.54, 1.807) is 25.2 Å². The van der Waals surface area contributed by atoms with E-state index in [1.165, 1.54) is 0 Å². The Labute approximate surface area is 90.2 Å². The highest BCUT2D eigenvalue weighted by atomic mass is 32.1. The number of hydrogen-bond donors (Lipinski definition) is 2. The van der Waals surface area contributed by atoms with Gasteiger partial charge in [0.25, 0.3) is 0 Å². The monoisotopic (exact) mass is 225 g/mol. The quantitative estimate of drug-likeness (QED) is 0.821. The molecule has 80 valence electrons. The second-order valence-corrected chi connectivity index (χ2v) is 4.21. The van der Waals surface area contributed by atoms with Crippen molar-refractivity contribution < 1.29 is 9.52 Å². The predicted octanol–water partition coefficient (Wildman–Crippen LogP) is 1.11. The fourth-order valence-electron chi connectivity index (χ4n) is 1.41. The summed E-state index contributed by atoms with van der Waals surface area (Å²) in [5.41, 5.74) is 1.29. The Balaban J connectivity index is 2.41. The molecule has 2 rings (SSSR count). The Morgan fingerprint density at radius 3 is 3.13 bits per heavy atom. The molecular formula is C10H11NO3S. The van der Waals surface area contributed by atoms with Gasteiger partial charge in [0.2, 0.25) is 0 Å². The first-order valence-electron chi connectivity index (χ1n) is 4.57. The van der Waals surface area contributed by atoms with Crippen molar-refractivity contribution in [1.82, 2.24) is 5.32 Å². The average Bonchev–Trinajstić information content (AvgIpc) is 2.57. The molecule has 1 heterocycles. The third-order valence-corrected chi connectivity index (χ3v) is 2.94. The summed E-state index contributed by atoms with van der Waals surface area (Å²) in [6.07, 6.45) is -0.579. The molecule has 1 aromatic heterocycles. The third-order valence-electron chi connectivity index (χ3n) is 2.14. The van der Waals surface area contributed by atoms with E-state index in [4.69, 9.17) is 4.42 Å². The lowest BCUT2D eigenvalue weighted by molar-refractivity contribution is 0.178. The molecule has 0 spiro atoms. The minimum absolute atomic E-state index is 0.315. The van der Waals surface area contributed by atoms with Gasteiger partial charge in [-0.1, -0.05) is 17.4 Å². The molecule has 2 aromatic rings. The van der Waals surface area contributed by atoms with Crippen molar-refractivity contribution >= 4 is 21.6 Å². The van der Waals surface area contributed by atoms with Gasteiger partial charge in [-0.05, 0) is 24.7 Å². The normalized spacial score (nSPS) is 13.2. The number of aliphatic hydroxyl groups is 1. The van der Waals surface area contributed by atoms with E-state index in [0.717, 1.165) is 21.6 Å². The van der Waals surface area contributed by atoms with Crippen LogP contribution in [-0.4, -0.2) is 18.7 Å². The summed E-state index contributed by atoms with van der Waals surface area (Å²) in [6.45, 7) is 0.472. The van der Waals surface area contributed by atoms with Gasteiger partial charge in [0.15, 0.2) is 0 Å². The first kappa shape index (κ1) is 10.4. The van der Waals surface area contributed by atoms with Crippen LogP contribution in [0.5, 0.6) is 0 Å². The van der Waals surface area contributed by atoms with Crippen LogP contribution in [0.25, 0.3) is 10.3 Å². The summed E-state index contributed by atoms with van der Waals surface area (Å²) >= 11 is 1.07. The molecule has 0 radical (unpaired) electrons. The van der Waals surface area contributed by atoms with Crippen LogP contribution in [0.2, 0.25) is 0 Å². The van der Waals surface area contributed by atoms with Crippen LogP contribution >= 0.6 is 11.3 Å². The maximum atomic E-state index is 11.0. The highest BCUT2D eigenvalue weighted by Gasteiger charge is 2.09. The number of hydrogen-bond acceptors (Lipinski definition) is 5. The molecule has 4 nitrogen and oxygen atoms in total. The van der Waals surface area contributed by atoms with Crippen LogP contribution in [0.15, 0.2) is 27.4 Å². The van der Waals surface area contributed by atoms with Gasteiger partial charge in [-0.2, -0.15) is 0 Å². The Morgan fingerprint density at radius 1 is 1.60 bits per heavy atom. The third kappa shape index (κ3) is 2.09. The van der Waals surface area contributed by atoms with Crippen LogP contribution in [0.4, 0.5) is 0 Å². The highest BCUT2D eigenvalue weighted by Crippen LogP contribution is 2.21. The number of rotatable bonds is 3. The Bertz CT molecular complexity index is 517. The number of nitrogens with one attached hydrogen (secondary N) is 1. The van der Waals surface area contributed by atoms with Crippen LogP contribution < -0.4 is 10.3 Å². The van der Waals surface area contributed by atoms with Crippen molar-refractivity contribution in [1.29, 1.82) is 0 Å². The summed E-state index contributed by atoms with van der Waals surface area (Å²) in [5, 5.41) is 12.6. The molecule has 0 aliphatic carbocycles. The van der Waals surface area contributed by atoms with Gasteiger partial charge in [0, 0.05) is 6.54 Å². The summed E-state index contributed by atoms with van der Waals surface area (Å²) in [4.78, 5) is 10.7. The molecule has 2 N–H and O–H groups in total. The minimum Gasteiger partial charge on any atom is -0.414 e. The van der Waals surface area contributed by atoms with Gasteiger partial charge < -0.3 is 14.8 Å². The zero-order chi connectivity index (χ0) is 10.8. The number of aliphatic hydroxyl groups excluding tert-OH is 1. The van der Waals surface area contributed by atoms with Crippen LogP contribution in [0.1, 0.15) is 11.7 Å². The Hall–Kier alpha value is -1.17. The molecule has 0 aliphatic heterocycles. The van der Waals surface area contributed by atoms with Crippen molar-refractivity contribution in [3.8, 4) is 0 Å². The summed E-state index contributed by atoms with van der Waals surface area (Å²) in [5.74, 6) is 0. The largest absolute Gasteiger partial charge is 0.414 e. The second kappa shape index (κ2) is 4.14. The Kier molecular flexibility index (Phi) is 2.86. The van der Waals surface area contributed by atoms with Gasteiger partial charge in [-0.25, -0.2) is 4.79 Å². The molecule has 0 aliphatic rings.